The number of fused-ring (bicyclic) bond motifs is 1. The number of ether oxygens (including phenoxy) is 1. The van der Waals surface area contributed by atoms with Crippen molar-refractivity contribution in [1.29, 1.82) is 5.26 Å². The van der Waals surface area contributed by atoms with E-state index in [-0.39, 0.29) is 0 Å². The Morgan fingerprint density at radius 2 is 2.07 bits per heavy atom. The van der Waals surface area contributed by atoms with Gasteiger partial charge < -0.3 is 4.74 Å². The van der Waals surface area contributed by atoms with E-state index in [1.54, 1.807) is 11.3 Å². The van der Waals surface area contributed by atoms with Crippen LogP contribution in [0.15, 0.2) is 29.3 Å². The Morgan fingerprint density at radius 3 is 2.75 bits per heavy atom. The molecule has 0 N–H and O–H groups in total. The molecular formula is C24H30N2OS. The van der Waals surface area contributed by atoms with Crippen molar-refractivity contribution in [2.45, 2.75) is 53.9 Å². The third-order valence-electron chi connectivity index (χ3n) is 5.40. The molecule has 1 atom stereocenters. The van der Waals surface area contributed by atoms with Crippen molar-refractivity contribution in [3.8, 4) is 11.8 Å². The monoisotopic (exact) mass is 394 g/mol. The highest BCUT2D eigenvalue weighted by Gasteiger charge is 2.32. The Hall–Kier alpha value is -2.12. The fourth-order valence-corrected chi connectivity index (χ4v) is 4.84. The summed E-state index contributed by atoms with van der Waals surface area (Å²) in [5.41, 5.74) is 3.24. The Kier molecular flexibility index (Phi) is 6.25. The first-order chi connectivity index (χ1) is 13.3. The number of hydrogen-bond acceptors (Lipinski definition) is 4. The van der Waals surface area contributed by atoms with Crippen LogP contribution in [0.3, 0.4) is 0 Å². The van der Waals surface area contributed by atoms with Crippen molar-refractivity contribution in [2.24, 2.45) is 22.2 Å². The van der Waals surface area contributed by atoms with Gasteiger partial charge in [0.1, 0.15) is 16.8 Å². The molecule has 0 spiro atoms. The van der Waals surface area contributed by atoms with Crippen molar-refractivity contribution in [1.82, 2.24) is 0 Å². The zero-order valence-electron chi connectivity index (χ0n) is 17.6. The largest absolute Gasteiger partial charge is 0.493 e. The first kappa shape index (κ1) is 20.6. The molecule has 0 radical (unpaired) electrons. The van der Waals surface area contributed by atoms with Crippen molar-refractivity contribution in [2.75, 3.05) is 6.61 Å². The van der Waals surface area contributed by atoms with E-state index < -0.39 is 0 Å². The number of aliphatic imine (C=N–C) groups is 1. The van der Waals surface area contributed by atoms with Crippen molar-refractivity contribution >= 4 is 22.6 Å². The lowest BCUT2D eigenvalue weighted by Crippen LogP contribution is -2.26. The molecule has 1 aromatic heterocycles. The predicted molar refractivity (Wildman–Crippen MR) is 118 cm³/mol. The van der Waals surface area contributed by atoms with Gasteiger partial charge in [0, 0.05) is 16.7 Å². The molecule has 0 saturated carbocycles. The summed E-state index contributed by atoms with van der Waals surface area (Å²) in [7, 11) is 0. The van der Waals surface area contributed by atoms with E-state index >= 15 is 0 Å². The molecule has 3 rings (SSSR count). The Morgan fingerprint density at radius 1 is 1.32 bits per heavy atom. The molecule has 0 fully saturated rings. The Bertz CT molecular complexity index is 896. The summed E-state index contributed by atoms with van der Waals surface area (Å²) in [4.78, 5) is 6.06. The van der Waals surface area contributed by atoms with E-state index in [1.807, 2.05) is 30.5 Å². The second-order valence-corrected chi connectivity index (χ2v) is 10.2. The third kappa shape index (κ3) is 4.64. The van der Waals surface area contributed by atoms with E-state index in [9.17, 15) is 5.26 Å². The van der Waals surface area contributed by atoms with Crippen LogP contribution in [-0.4, -0.2) is 12.8 Å². The highest BCUT2D eigenvalue weighted by Crippen LogP contribution is 2.44. The van der Waals surface area contributed by atoms with E-state index in [0.29, 0.717) is 23.9 Å². The van der Waals surface area contributed by atoms with Gasteiger partial charge in [0.15, 0.2) is 0 Å². The highest BCUT2D eigenvalue weighted by atomic mass is 32.1. The van der Waals surface area contributed by atoms with Crippen molar-refractivity contribution < 1.29 is 4.74 Å². The molecule has 28 heavy (non-hydrogen) atoms. The molecule has 3 nitrogen and oxygen atoms in total. The molecule has 4 heteroatoms. The maximum Gasteiger partial charge on any atom is 0.134 e. The second kappa shape index (κ2) is 8.49. The van der Waals surface area contributed by atoms with Crippen LogP contribution in [0, 0.1) is 28.6 Å². The molecule has 148 valence electrons. The van der Waals surface area contributed by atoms with E-state index in [2.05, 4.69) is 40.7 Å². The molecule has 1 aliphatic rings. The first-order valence-corrected chi connectivity index (χ1v) is 10.9. The lowest BCUT2D eigenvalue weighted by Gasteiger charge is -2.33. The SMILES string of the molecule is CC(C)COc1ccccc1C=Nc1sc2c(c1C#N)CC[C@H](C(C)(C)C)C2. The lowest BCUT2D eigenvalue weighted by molar-refractivity contribution is 0.218. The normalized spacial score (nSPS) is 17.0. The van der Waals surface area contributed by atoms with Crippen LogP contribution in [0.2, 0.25) is 0 Å². The first-order valence-electron chi connectivity index (χ1n) is 10.1. The van der Waals surface area contributed by atoms with Gasteiger partial charge in [-0.1, -0.05) is 46.8 Å². The number of hydrogen-bond donors (Lipinski definition) is 0. The summed E-state index contributed by atoms with van der Waals surface area (Å²) in [6.45, 7) is 11.9. The maximum absolute atomic E-state index is 9.74. The molecule has 0 amide bonds. The fourth-order valence-electron chi connectivity index (χ4n) is 3.62. The Labute approximate surface area is 173 Å². The van der Waals surface area contributed by atoms with Crippen LogP contribution < -0.4 is 4.74 Å². The number of thiophene rings is 1. The minimum Gasteiger partial charge on any atom is -0.493 e. The van der Waals surface area contributed by atoms with Gasteiger partial charge >= 0.3 is 0 Å². The lowest BCUT2D eigenvalue weighted by atomic mass is 9.72. The van der Waals surface area contributed by atoms with Crippen LogP contribution >= 0.6 is 11.3 Å². The van der Waals surface area contributed by atoms with Crippen LogP contribution in [-0.2, 0) is 12.8 Å². The van der Waals surface area contributed by atoms with E-state index in [4.69, 9.17) is 9.73 Å². The summed E-state index contributed by atoms with van der Waals surface area (Å²) in [5, 5.41) is 10.6. The summed E-state index contributed by atoms with van der Waals surface area (Å²) in [6.07, 6.45) is 5.04. The molecule has 1 aromatic carbocycles. The van der Waals surface area contributed by atoms with Gasteiger partial charge in [-0.3, -0.25) is 0 Å². The van der Waals surface area contributed by atoms with Gasteiger partial charge in [0.2, 0.25) is 0 Å². The average Bonchev–Trinajstić information content (AvgIpc) is 3.01. The van der Waals surface area contributed by atoms with E-state index in [0.717, 1.165) is 41.1 Å². The summed E-state index contributed by atoms with van der Waals surface area (Å²) in [6, 6.07) is 10.4. The van der Waals surface area contributed by atoms with Gasteiger partial charge in [-0.2, -0.15) is 5.26 Å². The maximum atomic E-state index is 9.74. The van der Waals surface area contributed by atoms with Crippen LogP contribution in [0.1, 0.15) is 62.6 Å². The summed E-state index contributed by atoms with van der Waals surface area (Å²) < 4.78 is 5.92. The molecule has 1 aliphatic carbocycles. The molecule has 0 aliphatic heterocycles. The zero-order valence-corrected chi connectivity index (χ0v) is 18.4. The molecule has 2 aromatic rings. The van der Waals surface area contributed by atoms with E-state index in [1.165, 1.54) is 10.4 Å². The standard InChI is InChI=1S/C24H30N2OS/c1-16(2)15-27-21-9-7-6-8-17(21)14-26-23-20(13-25)19-11-10-18(24(3,4)5)12-22(19)28-23/h6-9,14,16,18H,10-12,15H2,1-5H3/t18-/m0/s1. The number of benzene rings is 1. The topological polar surface area (TPSA) is 45.4 Å². The number of nitriles is 1. The van der Waals surface area contributed by atoms with Crippen LogP contribution in [0.4, 0.5) is 5.00 Å². The van der Waals surface area contributed by atoms with Gasteiger partial charge in [-0.25, -0.2) is 4.99 Å². The van der Waals surface area contributed by atoms with Gasteiger partial charge in [0.05, 0.1) is 12.2 Å². The van der Waals surface area contributed by atoms with Gasteiger partial charge in [-0.05, 0) is 54.2 Å². The molecule has 1 heterocycles. The molecule has 0 bridgehead atoms. The minimum absolute atomic E-state index is 0.296. The smallest absolute Gasteiger partial charge is 0.134 e. The number of nitrogens with zero attached hydrogens (tertiary/aromatic N) is 2. The summed E-state index contributed by atoms with van der Waals surface area (Å²) in [5.74, 6) is 1.97. The van der Waals surface area contributed by atoms with Crippen LogP contribution in [0.25, 0.3) is 0 Å². The molecular weight excluding hydrogens is 364 g/mol. The second-order valence-electron chi connectivity index (χ2n) is 9.10. The van der Waals surface area contributed by atoms with Gasteiger partial charge in [0.25, 0.3) is 0 Å². The zero-order chi connectivity index (χ0) is 20.3. The Balaban J connectivity index is 1.87. The number of rotatable bonds is 5. The summed E-state index contributed by atoms with van der Waals surface area (Å²) >= 11 is 1.69. The highest BCUT2D eigenvalue weighted by molar-refractivity contribution is 7.16. The van der Waals surface area contributed by atoms with Crippen molar-refractivity contribution in [3.63, 3.8) is 0 Å². The number of para-hydroxylation sites is 1. The van der Waals surface area contributed by atoms with Gasteiger partial charge in [-0.15, -0.1) is 11.3 Å². The average molecular weight is 395 g/mol. The molecule has 0 unspecified atom stereocenters. The minimum atomic E-state index is 0.296. The van der Waals surface area contributed by atoms with Crippen LogP contribution in [0.5, 0.6) is 5.75 Å². The molecule has 0 saturated heterocycles. The van der Waals surface area contributed by atoms with Crippen molar-refractivity contribution in [3.05, 3.63) is 45.8 Å². The predicted octanol–water partition coefficient (Wildman–Crippen LogP) is 6.56. The fraction of sp³-hybridized carbons (Fsp3) is 0.500. The third-order valence-corrected chi connectivity index (χ3v) is 6.56. The quantitative estimate of drug-likeness (QED) is 0.539.